The van der Waals surface area contributed by atoms with Gasteiger partial charge in [0.05, 0.1) is 0 Å². The van der Waals surface area contributed by atoms with Crippen LogP contribution in [-0.2, 0) is 4.57 Å². The second-order valence-corrected chi connectivity index (χ2v) is 4.34. The van der Waals surface area contributed by atoms with E-state index in [9.17, 15) is 0 Å². The van der Waals surface area contributed by atoms with Gasteiger partial charge in [0.1, 0.15) is 5.69 Å². The molecule has 13 heavy (non-hydrogen) atoms. The van der Waals surface area contributed by atoms with Gasteiger partial charge in [-0.25, -0.2) is 0 Å². The van der Waals surface area contributed by atoms with E-state index >= 15 is 0 Å². The van der Waals surface area contributed by atoms with Crippen molar-refractivity contribution in [2.24, 2.45) is 0 Å². The van der Waals surface area contributed by atoms with Crippen molar-refractivity contribution in [2.45, 2.75) is 0 Å². The van der Waals surface area contributed by atoms with E-state index in [1.807, 2.05) is 24.3 Å². The van der Waals surface area contributed by atoms with Gasteiger partial charge in [-0.05, 0) is 46.9 Å². The van der Waals surface area contributed by atoms with Crippen LogP contribution in [0.1, 0.15) is 0 Å². The van der Waals surface area contributed by atoms with Crippen LogP contribution in [0.25, 0.3) is 0 Å². The summed E-state index contributed by atoms with van der Waals surface area (Å²) in [6.07, 6.45) is 0. The number of hydrogen-bond acceptors (Lipinski definition) is 2. The highest BCUT2D eigenvalue weighted by Crippen LogP contribution is 2.18. The molecule has 0 fully saturated rings. The maximum Gasteiger partial charge on any atom is 0.262 e. The molecule has 0 saturated carbocycles. The number of halogens is 1. The normalized spacial score (nSPS) is 10.2. The number of hydrogen-bond donors (Lipinski definition) is 3. The minimum absolute atomic E-state index is 1.07. The summed E-state index contributed by atoms with van der Waals surface area (Å²) in [5.74, 6) is 0. The van der Waals surface area contributed by atoms with Gasteiger partial charge in [-0.2, -0.15) is 0 Å². The number of rotatable bonds is 0. The topological polar surface area (TPSA) is 108 Å². The number of quaternary nitrogens is 1. The van der Waals surface area contributed by atoms with Crippen molar-refractivity contribution < 1.29 is 25.0 Å². The first-order valence-electron chi connectivity index (χ1n) is 3.13. The third-order valence-corrected chi connectivity index (χ3v) is 1.63. The van der Waals surface area contributed by atoms with Gasteiger partial charge in [0.15, 0.2) is 0 Å². The second-order valence-electron chi connectivity index (χ2n) is 2.12. The predicted molar refractivity (Wildman–Crippen MR) is 53.8 cm³/mol. The molecule has 1 rings (SSSR count). The first-order chi connectivity index (χ1) is 5.79. The van der Waals surface area contributed by atoms with Gasteiger partial charge >= 0.3 is 0 Å². The predicted octanol–water partition coefficient (Wildman–Crippen LogP) is -0.396. The Balaban J connectivity index is 0.000000252. The third-order valence-electron chi connectivity index (χ3n) is 0.913. The largest absolute Gasteiger partial charge is 0.756 e. The van der Waals surface area contributed by atoms with E-state index in [0.717, 1.165) is 5.69 Å². The summed E-state index contributed by atoms with van der Waals surface area (Å²) in [7, 11) is -4.89. The highest BCUT2D eigenvalue weighted by Gasteiger charge is 1.85. The maximum absolute atomic E-state index is 8.77. The van der Waals surface area contributed by atoms with E-state index in [1.54, 1.807) is 0 Å². The highest BCUT2D eigenvalue weighted by atomic mass is 127. The molecule has 0 unspecified atom stereocenters. The molecule has 0 bridgehead atoms. The van der Waals surface area contributed by atoms with E-state index in [1.165, 1.54) is 3.57 Å². The van der Waals surface area contributed by atoms with Crippen molar-refractivity contribution in [3.63, 3.8) is 0 Å². The first kappa shape index (κ1) is 13.0. The minimum Gasteiger partial charge on any atom is -0.756 e. The van der Waals surface area contributed by atoms with Crippen molar-refractivity contribution >= 4 is 36.1 Å². The van der Waals surface area contributed by atoms with Crippen LogP contribution in [0.5, 0.6) is 0 Å². The zero-order chi connectivity index (χ0) is 10.5. The molecule has 0 aliphatic carbocycles. The van der Waals surface area contributed by atoms with Gasteiger partial charge in [0, 0.05) is 3.57 Å². The standard InChI is InChI=1S/C6H6IN.H3O4P/c7-5-1-3-6(8)4-2-5;1-5(2,3)4/h1-4H,8H2;(H3,1,2,3,4). The van der Waals surface area contributed by atoms with Crippen LogP contribution in [0.4, 0.5) is 5.69 Å². The first-order valence-corrected chi connectivity index (χ1v) is 5.74. The van der Waals surface area contributed by atoms with Gasteiger partial charge in [0.25, 0.3) is 7.82 Å². The molecule has 0 aromatic heterocycles. The van der Waals surface area contributed by atoms with Gasteiger partial charge in [-0.3, -0.25) is 4.57 Å². The lowest BCUT2D eigenvalue weighted by molar-refractivity contribution is -0.254. The van der Waals surface area contributed by atoms with E-state index in [0.29, 0.717) is 0 Å². The molecule has 1 aromatic carbocycles. The van der Waals surface area contributed by atoms with Crippen LogP contribution in [0.3, 0.4) is 0 Å². The maximum atomic E-state index is 8.77. The second kappa shape index (κ2) is 5.69. The Morgan fingerprint density at radius 1 is 1.31 bits per heavy atom. The fourth-order valence-corrected chi connectivity index (χ4v) is 0.844. The summed E-state index contributed by atoms with van der Waals surface area (Å²) < 4.78 is 10.0. The molecular formula is C6H9INO4P. The van der Waals surface area contributed by atoms with E-state index in [2.05, 4.69) is 28.3 Å². The van der Waals surface area contributed by atoms with Crippen LogP contribution in [-0.4, -0.2) is 9.79 Å². The zero-order valence-electron chi connectivity index (χ0n) is 6.55. The quantitative estimate of drug-likeness (QED) is 0.447. The van der Waals surface area contributed by atoms with Crippen LogP contribution < -0.4 is 10.6 Å². The third kappa shape index (κ3) is 12.0. The molecule has 1 aromatic rings. The lowest BCUT2D eigenvalue weighted by Crippen LogP contribution is -2.39. The van der Waals surface area contributed by atoms with Crippen molar-refractivity contribution in [3.8, 4) is 0 Å². The summed E-state index contributed by atoms with van der Waals surface area (Å²) in [4.78, 5) is 22.9. The minimum atomic E-state index is -4.89. The van der Waals surface area contributed by atoms with Crippen LogP contribution in [0, 0.1) is 3.57 Å². The molecule has 74 valence electrons. The average molecular weight is 317 g/mol. The summed E-state index contributed by atoms with van der Waals surface area (Å²) in [5.41, 5.74) is 4.83. The Hall–Kier alpha value is 0.0200. The van der Waals surface area contributed by atoms with Gasteiger partial charge in [-0.15, -0.1) is 0 Å². The van der Waals surface area contributed by atoms with Crippen molar-refractivity contribution in [3.05, 3.63) is 27.8 Å². The van der Waals surface area contributed by atoms with E-state index < -0.39 is 7.82 Å². The van der Waals surface area contributed by atoms with Crippen LogP contribution >= 0.6 is 30.4 Å². The summed E-state index contributed by atoms with van der Waals surface area (Å²) in [5, 5.41) is 0. The molecule has 5 nitrogen and oxygen atoms in total. The Morgan fingerprint density at radius 2 is 1.62 bits per heavy atom. The van der Waals surface area contributed by atoms with Crippen molar-refractivity contribution in [1.82, 2.24) is 0 Å². The summed E-state index contributed by atoms with van der Waals surface area (Å²) >= 11 is 2.27. The number of phosphoric acid groups is 1. The van der Waals surface area contributed by atoms with Crippen LogP contribution in [0.2, 0.25) is 0 Å². The lowest BCUT2D eigenvalue weighted by Gasteiger charge is -2.01. The summed E-state index contributed by atoms with van der Waals surface area (Å²) in [6.45, 7) is 0. The molecular weight excluding hydrogens is 308 g/mol. The molecule has 0 amide bonds. The smallest absolute Gasteiger partial charge is 0.262 e. The van der Waals surface area contributed by atoms with Gasteiger partial charge < -0.3 is 20.4 Å². The van der Waals surface area contributed by atoms with Crippen molar-refractivity contribution in [2.75, 3.05) is 0 Å². The molecule has 0 spiro atoms. The zero-order valence-corrected chi connectivity index (χ0v) is 9.60. The van der Waals surface area contributed by atoms with E-state index in [4.69, 9.17) is 19.2 Å². The van der Waals surface area contributed by atoms with Gasteiger partial charge in [0.2, 0.25) is 0 Å². The SMILES string of the molecule is O=P([O-])(O)O.[NH3+]c1ccc(I)cc1. The van der Waals surface area contributed by atoms with Crippen LogP contribution in [0.15, 0.2) is 24.3 Å². The molecule has 0 heterocycles. The lowest BCUT2D eigenvalue weighted by atomic mass is 10.3. The summed E-state index contributed by atoms with van der Waals surface area (Å²) in [6, 6.07) is 8.09. The molecule has 0 aliphatic heterocycles. The Kier molecular flexibility index (Phi) is 5.70. The molecule has 0 atom stereocenters. The highest BCUT2D eigenvalue weighted by molar-refractivity contribution is 14.1. The van der Waals surface area contributed by atoms with Gasteiger partial charge in [-0.1, -0.05) is 0 Å². The average Bonchev–Trinajstić information content (AvgIpc) is 1.92. The molecule has 5 N–H and O–H groups in total. The monoisotopic (exact) mass is 317 g/mol. The Bertz CT molecular complexity index is 267. The van der Waals surface area contributed by atoms with Crippen molar-refractivity contribution in [1.29, 1.82) is 0 Å². The Morgan fingerprint density at radius 3 is 1.85 bits per heavy atom. The fourth-order valence-electron chi connectivity index (χ4n) is 0.484. The van der Waals surface area contributed by atoms with E-state index in [-0.39, 0.29) is 0 Å². The molecule has 0 radical (unpaired) electrons. The molecule has 0 aliphatic rings. The Labute approximate surface area is 89.0 Å². The number of benzene rings is 1. The molecule has 7 heteroatoms. The molecule has 0 saturated heterocycles. The fraction of sp³-hybridized carbons (Fsp3) is 0.